The Morgan fingerprint density at radius 1 is 1.38 bits per heavy atom. The smallest absolute Gasteiger partial charge is 0.0702 e. The van der Waals surface area contributed by atoms with Gasteiger partial charge in [-0.1, -0.05) is 31.2 Å². The molecule has 21 heavy (non-hydrogen) atoms. The van der Waals surface area contributed by atoms with Crippen LogP contribution in [0.1, 0.15) is 50.3 Å². The van der Waals surface area contributed by atoms with E-state index in [0.29, 0.717) is 12.1 Å². The van der Waals surface area contributed by atoms with Crippen molar-refractivity contribution >= 4 is 0 Å². The molecular weight excluding hydrogens is 260 g/mol. The van der Waals surface area contributed by atoms with E-state index >= 15 is 0 Å². The van der Waals surface area contributed by atoms with Gasteiger partial charge in [0.1, 0.15) is 0 Å². The Labute approximate surface area is 129 Å². The first-order valence-corrected chi connectivity index (χ1v) is 8.30. The third-order valence-corrected chi connectivity index (χ3v) is 4.37. The van der Waals surface area contributed by atoms with Gasteiger partial charge in [-0.3, -0.25) is 4.90 Å². The van der Waals surface area contributed by atoms with E-state index in [4.69, 9.17) is 10.5 Å². The van der Waals surface area contributed by atoms with Gasteiger partial charge in [-0.15, -0.1) is 0 Å². The highest BCUT2D eigenvalue weighted by Crippen LogP contribution is 2.29. The first-order valence-electron chi connectivity index (χ1n) is 8.30. The molecule has 0 radical (unpaired) electrons. The molecule has 0 aliphatic carbocycles. The monoisotopic (exact) mass is 290 g/mol. The first kappa shape index (κ1) is 16.5. The molecule has 1 aromatic rings. The zero-order valence-corrected chi connectivity index (χ0v) is 13.7. The first-order chi connectivity index (χ1) is 10.1. The minimum absolute atomic E-state index is 0.121. The van der Waals surface area contributed by atoms with E-state index in [9.17, 15) is 0 Å². The van der Waals surface area contributed by atoms with Crippen LogP contribution < -0.4 is 5.73 Å². The molecule has 2 rings (SSSR count). The van der Waals surface area contributed by atoms with E-state index in [1.54, 1.807) is 0 Å². The molecule has 1 aromatic carbocycles. The lowest BCUT2D eigenvalue weighted by Crippen LogP contribution is -2.47. The zero-order valence-electron chi connectivity index (χ0n) is 13.7. The Balaban J connectivity index is 2.13. The Morgan fingerprint density at radius 3 is 2.81 bits per heavy atom. The fraction of sp³-hybridized carbons (Fsp3) is 0.667. The fourth-order valence-electron chi connectivity index (χ4n) is 3.37. The number of likely N-dealkylation sites (tertiary alicyclic amines) is 1. The summed E-state index contributed by atoms with van der Waals surface area (Å²) in [4.78, 5) is 2.52. The molecule has 118 valence electrons. The Hall–Kier alpha value is -0.900. The molecule has 1 saturated heterocycles. The summed E-state index contributed by atoms with van der Waals surface area (Å²) in [7, 11) is 0. The second-order valence-electron chi connectivity index (χ2n) is 6.29. The van der Waals surface area contributed by atoms with Crippen molar-refractivity contribution < 1.29 is 4.74 Å². The Kier molecular flexibility index (Phi) is 6.22. The maximum Gasteiger partial charge on any atom is 0.0702 e. The van der Waals surface area contributed by atoms with E-state index in [2.05, 4.69) is 49.9 Å². The number of nitrogens with zero attached hydrogens (tertiary/aromatic N) is 1. The number of hydrogen-bond donors (Lipinski definition) is 1. The van der Waals surface area contributed by atoms with Crippen molar-refractivity contribution in [3.8, 4) is 0 Å². The Bertz CT molecular complexity index is 433. The molecule has 1 aliphatic rings. The molecule has 3 nitrogen and oxygen atoms in total. The van der Waals surface area contributed by atoms with Gasteiger partial charge in [-0.2, -0.15) is 0 Å². The molecule has 3 heteroatoms. The van der Waals surface area contributed by atoms with Crippen molar-refractivity contribution in [1.29, 1.82) is 0 Å². The summed E-state index contributed by atoms with van der Waals surface area (Å²) in [5, 5.41) is 0. The molecule has 3 unspecified atom stereocenters. The lowest BCUT2D eigenvalue weighted by molar-refractivity contribution is -0.0156. The van der Waals surface area contributed by atoms with Crippen LogP contribution in [0.5, 0.6) is 0 Å². The molecule has 3 atom stereocenters. The molecule has 1 aliphatic heterocycles. The van der Waals surface area contributed by atoms with Crippen LogP contribution in [0.3, 0.4) is 0 Å². The number of benzene rings is 1. The zero-order chi connectivity index (χ0) is 15.2. The highest BCUT2D eigenvalue weighted by molar-refractivity contribution is 5.30. The van der Waals surface area contributed by atoms with Gasteiger partial charge in [0.2, 0.25) is 0 Å². The molecule has 0 amide bonds. The van der Waals surface area contributed by atoms with Gasteiger partial charge in [0.15, 0.2) is 0 Å². The van der Waals surface area contributed by atoms with E-state index in [1.165, 1.54) is 24.0 Å². The molecule has 1 heterocycles. The second-order valence-corrected chi connectivity index (χ2v) is 6.29. The summed E-state index contributed by atoms with van der Waals surface area (Å²) in [6.07, 6.45) is 3.83. The Morgan fingerprint density at radius 2 is 2.14 bits per heavy atom. The third-order valence-electron chi connectivity index (χ3n) is 4.37. The normalized spacial score (nSPS) is 23.0. The van der Waals surface area contributed by atoms with Crippen LogP contribution >= 0.6 is 0 Å². The van der Waals surface area contributed by atoms with Crippen molar-refractivity contribution in [3.63, 3.8) is 0 Å². The molecule has 1 fully saturated rings. The lowest BCUT2D eigenvalue weighted by atomic mass is 9.93. The highest BCUT2D eigenvalue weighted by atomic mass is 16.5. The molecular formula is C18H30N2O. The SMILES string of the molecule is CCCOC1CCCN(C(c2ccccc2C)C(C)N)C1. The molecule has 0 saturated carbocycles. The average Bonchev–Trinajstić information content (AvgIpc) is 2.47. The maximum atomic E-state index is 6.33. The fourth-order valence-corrected chi connectivity index (χ4v) is 3.37. The largest absolute Gasteiger partial charge is 0.377 e. The minimum Gasteiger partial charge on any atom is -0.377 e. The van der Waals surface area contributed by atoms with Gasteiger partial charge in [0.05, 0.1) is 6.10 Å². The molecule has 0 bridgehead atoms. The third kappa shape index (κ3) is 4.29. The number of rotatable bonds is 6. The van der Waals surface area contributed by atoms with Crippen LogP contribution in [0.4, 0.5) is 0 Å². The van der Waals surface area contributed by atoms with Crippen molar-refractivity contribution in [1.82, 2.24) is 4.90 Å². The summed E-state index contributed by atoms with van der Waals surface area (Å²) in [5.41, 5.74) is 9.03. The second kappa shape index (κ2) is 7.92. The van der Waals surface area contributed by atoms with Crippen LogP contribution in [-0.2, 0) is 4.74 Å². The van der Waals surface area contributed by atoms with Gasteiger partial charge in [0, 0.05) is 25.2 Å². The molecule has 0 spiro atoms. The predicted octanol–water partition coefficient (Wildman–Crippen LogP) is 3.27. The standard InChI is InChI=1S/C18H30N2O/c1-4-12-21-16-9-7-11-20(13-16)18(15(3)19)17-10-6-5-8-14(17)2/h5-6,8,10,15-16,18H,4,7,9,11-13,19H2,1-3H3. The van der Waals surface area contributed by atoms with Crippen LogP contribution in [0, 0.1) is 6.92 Å². The number of hydrogen-bond acceptors (Lipinski definition) is 3. The van der Waals surface area contributed by atoms with Crippen LogP contribution in [-0.4, -0.2) is 36.7 Å². The number of nitrogens with two attached hydrogens (primary N) is 1. The quantitative estimate of drug-likeness (QED) is 0.874. The maximum absolute atomic E-state index is 6.33. The molecule has 2 N–H and O–H groups in total. The van der Waals surface area contributed by atoms with Gasteiger partial charge < -0.3 is 10.5 Å². The van der Waals surface area contributed by atoms with Gasteiger partial charge in [0.25, 0.3) is 0 Å². The summed E-state index contributed by atoms with van der Waals surface area (Å²) in [6.45, 7) is 9.45. The van der Waals surface area contributed by atoms with E-state index < -0.39 is 0 Å². The predicted molar refractivity (Wildman–Crippen MR) is 88.4 cm³/mol. The van der Waals surface area contributed by atoms with Crippen LogP contribution in [0.2, 0.25) is 0 Å². The topological polar surface area (TPSA) is 38.5 Å². The summed E-state index contributed by atoms with van der Waals surface area (Å²) in [5.74, 6) is 0. The molecule has 0 aromatic heterocycles. The van der Waals surface area contributed by atoms with E-state index in [-0.39, 0.29) is 6.04 Å². The average molecular weight is 290 g/mol. The van der Waals surface area contributed by atoms with Crippen LogP contribution in [0.15, 0.2) is 24.3 Å². The summed E-state index contributed by atoms with van der Waals surface area (Å²) in [6, 6.07) is 9.03. The number of ether oxygens (including phenoxy) is 1. The van der Waals surface area contributed by atoms with Gasteiger partial charge in [-0.25, -0.2) is 0 Å². The van der Waals surface area contributed by atoms with Gasteiger partial charge >= 0.3 is 0 Å². The lowest BCUT2D eigenvalue weighted by Gasteiger charge is -2.40. The summed E-state index contributed by atoms with van der Waals surface area (Å²) >= 11 is 0. The van der Waals surface area contributed by atoms with Crippen LogP contribution in [0.25, 0.3) is 0 Å². The van der Waals surface area contributed by atoms with Crippen molar-refractivity contribution in [2.45, 2.75) is 58.2 Å². The number of piperidine rings is 1. The minimum atomic E-state index is 0.121. The number of aryl methyl sites for hydroxylation is 1. The van der Waals surface area contributed by atoms with Crippen molar-refractivity contribution in [2.24, 2.45) is 5.73 Å². The highest BCUT2D eigenvalue weighted by Gasteiger charge is 2.30. The van der Waals surface area contributed by atoms with Crippen molar-refractivity contribution in [2.75, 3.05) is 19.7 Å². The summed E-state index contributed by atoms with van der Waals surface area (Å²) < 4.78 is 5.98. The van der Waals surface area contributed by atoms with Gasteiger partial charge in [-0.05, 0) is 50.8 Å². The van der Waals surface area contributed by atoms with E-state index in [0.717, 1.165) is 26.1 Å². The van der Waals surface area contributed by atoms with Crippen molar-refractivity contribution in [3.05, 3.63) is 35.4 Å². The van der Waals surface area contributed by atoms with E-state index in [1.807, 2.05) is 0 Å².